The highest BCUT2D eigenvalue weighted by Crippen LogP contribution is 2.45. The van der Waals surface area contributed by atoms with Gasteiger partial charge in [0, 0.05) is 60.9 Å². The SMILES string of the molecule is C=Cc1c(/C=C\C)sc2cccc(-c3cc(-c4cccc(-c5ccc6c(c5)sc5ccccc56)c4)cc(-c4cccc5sc6ccccc6c45)c3)c12. The van der Waals surface area contributed by atoms with Crippen LogP contribution in [0.1, 0.15) is 17.4 Å². The molecule has 0 nitrogen and oxygen atoms in total. The van der Waals surface area contributed by atoms with Crippen molar-refractivity contribution in [3.63, 3.8) is 0 Å². The Kier molecular flexibility index (Phi) is 7.54. The fraction of sp³-hybridized carbons (Fsp3) is 0.0204. The van der Waals surface area contributed by atoms with Crippen LogP contribution in [0.4, 0.5) is 0 Å². The lowest BCUT2D eigenvalue weighted by molar-refractivity contribution is 1.58. The molecule has 0 spiro atoms. The molecular formula is C49H32S3. The molecule has 0 N–H and O–H groups in total. The predicted molar refractivity (Wildman–Crippen MR) is 234 cm³/mol. The van der Waals surface area contributed by atoms with E-state index in [1.54, 1.807) is 0 Å². The van der Waals surface area contributed by atoms with Crippen LogP contribution in [0.2, 0.25) is 0 Å². The van der Waals surface area contributed by atoms with E-state index in [0.29, 0.717) is 0 Å². The van der Waals surface area contributed by atoms with Gasteiger partial charge in [0.25, 0.3) is 0 Å². The van der Waals surface area contributed by atoms with E-state index < -0.39 is 0 Å². The summed E-state index contributed by atoms with van der Waals surface area (Å²) < 4.78 is 6.56. The molecule has 0 aliphatic heterocycles. The Morgan fingerprint density at radius 3 is 1.71 bits per heavy atom. The summed E-state index contributed by atoms with van der Waals surface area (Å²) in [5, 5.41) is 6.56. The summed E-state index contributed by atoms with van der Waals surface area (Å²) in [6.07, 6.45) is 6.35. The fourth-order valence-corrected chi connectivity index (χ4v) is 11.3. The lowest BCUT2D eigenvalue weighted by atomic mass is 9.89. The van der Waals surface area contributed by atoms with Crippen molar-refractivity contribution in [2.24, 2.45) is 0 Å². The van der Waals surface area contributed by atoms with Crippen molar-refractivity contribution in [2.75, 3.05) is 0 Å². The number of allylic oxidation sites excluding steroid dienone is 1. The maximum atomic E-state index is 4.26. The Hall–Kier alpha value is -5.58. The van der Waals surface area contributed by atoms with E-state index in [0.717, 1.165) is 0 Å². The van der Waals surface area contributed by atoms with Gasteiger partial charge >= 0.3 is 0 Å². The Morgan fingerprint density at radius 1 is 0.423 bits per heavy atom. The first kappa shape index (κ1) is 31.2. The van der Waals surface area contributed by atoms with Crippen molar-refractivity contribution in [3.8, 4) is 44.5 Å². The minimum atomic E-state index is 1.20. The third-order valence-electron chi connectivity index (χ3n) is 10.2. The van der Waals surface area contributed by atoms with Gasteiger partial charge in [0.05, 0.1) is 0 Å². The van der Waals surface area contributed by atoms with Crippen molar-refractivity contribution in [1.82, 2.24) is 0 Å². The Labute approximate surface area is 314 Å². The van der Waals surface area contributed by atoms with Gasteiger partial charge < -0.3 is 0 Å². The molecule has 0 fully saturated rings. The van der Waals surface area contributed by atoms with E-state index >= 15 is 0 Å². The number of hydrogen-bond donors (Lipinski definition) is 0. The van der Waals surface area contributed by atoms with Crippen LogP contribution >= 0.6 is 34.0 Å². The first-order valence-electron chi connectivity index (χ1n) is 17.6. The minimum absolute atomic E-state index is 1.20. The molecule has 3 heterocycles. The Morgan fingerprint density at radius 2 is 0.962 bits per heavy atom. The van der Waals surface area contributed by atoms with Crippen LogP contribution < -0.4 is 0 Å². The third kappa shape index (κ3) is 5.08. The first-order chi connectivity index (χ1) is 25.7. The molecular weight excluding hydrogens is 685 g/mol. The van der Waals surface area contributed by atoms with Crippen LogP contribution in [0.3, 0.4) is 0 Å². The molecule has 10 aromatic rings. The van der Waals surface area contributed by atoms with E-state index in [9.17, 15) is 0 Å². The summed E-state index contributed by atoms with van der Waals surface area (Å²) >= 11 is 5.58. The lowest BCUT2D eigenvalue weighted by Gasteiger charge is -2.14. The van der Waals surface area contributed by atoms with Crippen LogP contribution in [-0.4, -0.2) is 0 Å². The molecule has 0 atom stereocenters. The summed E-state index contributed by atoms with van der Waals surface area (Å²) in [5.74, 6) is 0. The molecule has 0 saturated heterocycles. The molecule has 0 bridgehead atoms. The van der Waals surface area contributed by atoms with Crippen molar-refractivity contribution in [3.05, 3.63) is 169 Å². The zero-order chi connectivity index (χ0) is 34.8. The zero-order valence-electron chi connectivity index (χ0n) is 28.5. The average molecular weight is 717 g/mol. The van der Waals surface area contributed by atoms with Gasteiger partial charge in [-0.15, -0.1) is 34.0 Å². The molecule has 3 heteroatoms. The van der Waals surface area contributed by atoms with Crippen LogP contribution in [0.25, 0.3) is 107 Å². The molecule has 52 heavy (non-hydrogen) atoms. The van der Waals surface area contributed by atoms with Crippen molar-refractivity contribution in [2.45, 2.75) is 6.92 Å². The van der Waals surface area contributed by atoms with E-state index in [-0.39, 0.29) is 0 Å². The van der Waals surface area contributed by atoms with Crippen molar-refractivity contribution >= 4 is 96.6 Å². The van der Waals surface area contributed by atoms with Gasteiger partial charge in [-0.3, -0.25) is 0 Å². The summed E-state index contributed by atoms with van der Waals surface area (Å²) in [7, 11) is 0. The van der Waals surface area contributed by atoms with Gasteiger partial charge in [0.2, 0.25) is 0 Å². The fourth-order valence-electron chi connectivity index (χ4n) is 7.81. The Bertz CT molecular complexity index is 3050. The molecule has 0 amide bonds. The van der Waals surface area contributed by atoms with Gasteiger partial charge in [-0.05, 0) is 112 Å². The molecule has 0 saturated carbocycles. The van der Waals surface area contributed by atoms with E-state index in [1.165, 1.54) is 105 Å². The van der Waals surface area contributed by atoms with E-state index in [2.05, 4.69) is 171 Å². The standard InChI is InChI=1S/C49H32S3/c1-3-12-42-36(4-2)48-37(17-10-21-45(48)50-42)34-26-33(27-35(28-34)38-18-11-22-46-49(38)41-16-6-8-20-44(41)51-46)31-14-9-13-30(25-31)32-23-24-40-39-15-5-7-19-43(39)52-47(40)29-32/h3-29H,2H2,1H3/b12-3-. The quantitative estimate of drug-likeness (QED) is 0.161. The third-order valence-corrected chi connectivity index (χ3v) is 13.6. The number of hydrogen-bond acceptors (Lipinski definition) is 3. The number of benzene rings is 7. The normalized spacial score (nSPS) is 11.9. The second-order valence-electron chi connectivity index (χ2n) is 13.2. The highest BCUT2D eigenvalue weighted by atomic mass is 32.1. The summed E-state index contributed by atoms with van der Waals surface area (Å²) in [6, 6.07) is 54.2. The zero-order valence-corrected chi connectivity index (χ0v) is 31.0. The number of fused-ring (bicyclic) bond motifs is 7. The molecule has 0 aliphatic carbocycles. The average Bonchev–Trinajstić information content (AvgIpc) is 3.88. The van der Waals surface area contributed by atoms with Gasteiger partial charge in [-0.1, -0.05) is 110 Å². The van der Waals surface area contributed by atoms with Crippen LogP contribution in [0, 0.1) is 0 Å². The molecule has 10 rings (SSSR count). The molecule has 0 unspecified atom stereocenters. The molecule has 7 aromatic carbocycles. The molecule has 0 radical (unpaired) electrons. The van der Waals surface area contributed by atoms with Gasteiger partial charge in [0.1, 0.15) is 0 Å². The highest BCUT2D eigenvalue weighted by Gasteiger charge is 2.17. The topological polar surface area (TPSA) is 0 Å². The van der Waals surface area contributed by atoms with Gasteiger partial charge in [-0.2, -0.15) is 0 Å². The molecule has 3 aromatic heterocycles. The second kappa shape index (κ2) is 12.6. The maximum absolute atomic E-state index is 4.26. The van der Waals surface area contributed by atoms with Crippen molar-refractivity contribution < 1.29 is 0 Å². The van der Waals surface area contributed by atoms with E-state index in [4.69, 9.17) is 0 Å². The molecule has 0 aliphatic rings. The minimum Gasteiger partial charge on any atom is -0.135 e. The summed E-state index contributed by atoms with van der Waals surface area (Å²) in [6.45, 7) is 6.34. The molecule has 246 valence electrons. The maximum Gasteiger partial charge on any atom is 0.0361 e. The first-order valence-corrected chi connectivity index (χ1v) is 20.0. The van der Waals surface area contributed by atoms with Gasteiger partial charge in [-0.25, -0.2) is 0 Å². The van der Waals surface area contributed by atoms with Crippen LogP contribution in [-0.2, 0) is 0 Å². The van der Waals surface area contributed by atoms with Gasteiger partial charge in [0.15, 0.2) is 0 Å². The van der Waals surface area contributed by atoms with Crippen LogP contribution in [0.15, 0.2) is 158 Å². The Balaban J connectivity index is 1.20. The second-order valence-corrected chi connectivity index (χ2v) is 16.5. The van der Waals surface area contributed by atoms with Crippen molar-refractivity contribution in [1.29, 1.82) is 0 Å². The number of rotatable bonds is 6. The highest BCUT2D eigenvalue weighted by molar-refractivity contribution is 7.26. The summed E-state index contributed by atoms with van der Waals surface area (Å²) in [5.41, 5.74) is 11.0. The smallest absolute Gasteiger partial charge is 0.0361 e. The monoisotopic (exact) mass is 716 g/mol. The van der Waals surface area contributed by atoms with E-state index in [1.807, 2.05) is 40.1 Å². The van der Waals surface area contributed by atoms with Crippen LogP contribution in [0.5, 0.6) is 0 Å². The number of thiophene rings is 3. The summed E-state index contributed by atoms with van der Waals surface area (Å²) in [4.78, 5) is 1.24. The lowest BCUT2D eigenvalue weighted by Crippen LogP contribution is -1.89. The largest absolute Gasteiger partial charge is 0.135 e. The predicted octanol–water partition coefficient (Wildman–Crippen LogP) is 16.0.